The molecule has 0 radical (unpaired) electrons. The number of phenolic OH excluding ortho intramolecular Hbond substituents is 2. The largest absolute Gasteiger partial charge is 0.507 e. The predicted molar refractivity (Wildman–Crippen MR) is 144 cm³/mol. The lowest BCUT2D eigenvalue weighted by atomic mass is 9.93. The summed E-state index contributed by atoms with van der Waals surface area (Å²) in [4.78, 5) is 25.1. The van der Waals surface area contributed by atoms with Crippen LogP contribution in [0.25, 0.3) is 11.1 Å². The highest BCUT2D eigenvalue weighted by Crippen LogP contribution is 2.44. The number of hydrogen-bond acceptors (Lipinski definition) is 4. The van der Waals surface area contributed by atoms with Crippen molar-refractivity contribution in [2.24, 2.45) is 0 Å². The van der Waals surface area contributed by atoms with Crippen LogP contribution in [0.15, 0.2) is 72.8 Å². The minimum Gasteiger partial charge on any atom is -0.507 e. The quantitative estimate of drug-likeness (QED) is 0.166. The van der Waals surface area contributed by atoms with E-state index in [2.05, 4.69) is 10.6 Å². The molecule has 6 nitrogen and oxygen atoms in total. The lowest BCUT2D eigenvalue weighted by Gasteiger charge is -2.20. The Labute approximate surface area is 243 Å². The highest BCUT2D eigenvalue weighted by atomic mass is 35.5. The number of alkyl halides is 6. The van der Waals surface area contributed by atoms with E-state index in [1.165, 1.54) is 12.1 Å². The molecule has 0 unspecified atom stereocenters. The van der Waals surface area contributed by atoms with Crippen molar-refractivity contribution in [1.82, 2.24) is 0 Å². The third-order valence-electron chi connectivity index (χ3n) is 5.86. The van der Waals surface area contributed by atoms with Gasteiger partial charge < -0.3 is 20.8 Å². The number of amides is 2. The van der Waals surface area contributed by atoms with Crippen LogP contribution in [0.4, 0.5) is 37.7 Å². The molecule has 0 atom stereocenters. The smallest absolute Gasteiger partial charge is 0.417 e. The number of carbonyl (C=O) groups is 2. The maximum absolute atomic E-state index is 14.1. The van der Waals surface area contributed by atoms with Gasteiger partial charge in [0.25, 0.3) is 11.8 Å². The Hall–Kier alpha value is -4.42. The topological polar surface area (TPSA) is 98.7 Å². The average Bonchev–Trinajstić information content (AvgIpc) is 2.90. The van der Waals surface area contributed by atoms with Crippen molar-refractivity contribution >= 4 is 46.4 Å². The molecule has 0 fully saturated rings. The van der Waals surface area contributed by atoms with Gasteiger partial charge in [0.1, 0.15) is 11.5 Å². The molecule has 14 heteroatoms. The first-order valence-corrected chi connectivity index (χ1v) is 12.3. The second kappa shape index (κ2) is 11.5. The van der Waals surface area contributed by atoms with Crippen molar-refractivity contribution in [3.63, 3.8) is 0 Å². The molecule has 0 heterocycles. The van der Waals surface area contributed by atoms with Gasteiger partial charge in [0, 0.05) is 21.4 Å². The standard InChI is InChI=1S/C28H16Cl2F6N2O4/c29-13-1-7-23(39)19(9-13)25(41)37-15-3-5-17(21(11-15)27(31,32)33)18-6-4-16(12-22(18)28(34,35)36)38-26(42)20-10-14(30)2-8-24(20)40/h1-12,39-40H,(H,37,41)(H,38,42). The molecular weight excluding hydrogens is 613 g/mol. The van der Waals surface area contributed by atoms with Gasteiger partial charge in [0.2, 0.25) is 0 Å². The Morgan fingerprint density at radius 2 is 0.929 bits per heavy atom. The van der Waals surface area contributed by atoms with Crippen LogP contribution < -0.4 is 10.6 Å². The zero-order valence-electron chi connectivity index (χ0n) is 20.7. The van der Waals surface area contributed by atoms with Gasteiger partial charge in [-0.05, 0) is 71.8 Å². The molecule has 4 aromatic rings. The van der Waals surface area contributed by atoms with Gasteiger partial charge in [0.05, 0.1) is 22.3 Å². The van der Waals surface area contributed by atoms with Crippen molar-refractivity contribution < 1.29 is 46.1 Å². The van der Waals surface area contributed by atoms with Gasteiger partial charge in [0.15, 0.2) is 0 Å². The van der Waals surface area contributed by atoms with Crippen LogP contribution in [0, 0.1) is 0 Å². The summed E-state index contributed by atoms with van der Waals surface area (Å²) in [7, 11) is 0. The summed E-state index contributed by atoms with van der Waals surface area (Å²) in [6, 6.07) is 11.2. The third kappa shape index (κ3) is 6.72. The number of nitrogens with one attached hydrogen (secondary N) is 2. The van der Waals surface area contributed by atoms with Gasteiger partial charge in [-0.25, -0.2) is 0 Å². The van der Waals surface area contributed by atoms with Gasteiger partial charge in [-0.2, -0.15) is 26.3 Å². The van der Waals surface area contributed by atoms with Crippen LogP contribution in [-0.4, -0.2) is 22.0 Å². The van der Waals surface area contributed by atoms with E-state index in [9.17, 15) is 46.1 Å². The summed E-state index contributed by atoms with van der Waals surface area (Å²) in [5, 5.41) is 24.2. The summed E-state index contributed by atoms with van der Waals surface area (Å²) >= 11 is 11.6. The number of hydrogen-bond donors (Lipinski definition) is 4. The number of benzene rings is 4. The fraction of sp³-hybridized carbons (Fsp3) is 0.0714. The molecule has 0 saturated carbocycles. The molecule has 4 aromatic carbocycles. The minimum atomic E-state index is -5.16. The summed E-state index contributed by atoms with van der Waals surface area (Å²) in [6.07, 6.45) is -10.3. The van der Waals surface area contributed by atoms with Crippen LogP contribution in [0.5, 0.6) is 11.5 Å². The van der Waals surface area contributed by atoms with E-state index in [1.54, 1.807) is 0 Å². The molecule has 2 amide bonds. The minimum absolute atomic E-state index is 0.0629. The summed E-state index contributed by atoms with van der Waals surface area (Å²) < 4.78 is 84.5. The van der Waals surface area contributed by atoms with Crippen molar-refractivity contribution in [3.05, 3.63) is 105 Å². The lowest BCUT2D eigenvalue weighted by molar-refractivity contribution is -0.139. The van der Waals surface area contributed by atoms with Crippen molar-refractivity contribution in [3.8, 4) is 22.6 Å². The molecule has 4 N–H and O–H groups in total. The monoisotopic (exact) mass is 628 g/mol. The maximum atomic E-state index is 14.1. The van der Waals surface area contributed by atoms with Crippen molar-refractivity contribution in [2.45, 2.75) is 12.4 Å². The molecule has 0 saturated heterocycles. The average molecular weight is 629 g/mol. The first kappa shape index (κ1) is 30.5. The van der Waals surface area contributed by atoms with E-state index < -0.39 is 69.3 Å². The van der Waals surface area contributed by atoms with E-state index in [-0.39, 0.29) is 21.2 Å². The van der Waals surface area contributed by atoms with Crippen LogP contribution in [0.2, 0.25) is 10.0 Å². The van der Waals surface area contributed by atoms with Crippen LogP contribution in [-0.2, 0) is 12.4 Å². The Balaban J connectivity index is 1.74. The molecule has 4 rings (SSSR count). The fourth-order valence-electron chi connectivity index (χ4n) is 3.96. The number of rotatable bonds is 5. The third-order valence-corrected chi connectivity index (χ3v) is 6.33. The van der Waals surface area contributed by atoms with E-state index in [0.29, 0.717) is 12.1 Å². The molecule has 0 aromatic heterocycles. The fourth-order valence-corrected chi connectivity index (χ4v) is 4.30. The molecule has 0 aliphatic rings. The van der Waals surface area contributed by atoms with Crippen LogP contribution >= 0.6 is 23.2 Å². The van der Waals surface area contributed by atoms with Crippen LogP contribution in [0.3, 0.4) is 0 Å². The second-order valence-corrected chi connectivity index (χ2v) is 9.62. The Morgan fingerprint density at radius 1 is 0.571 bits per heavy atom. The molecule has 0 bridgehead atoms. The van der Waals surface area contributed by atoms with Crippen LogP contribution in [0.1, 0.15) is 31.8 Å². The molecule has 0 aliphatic heterocycles. The predicted octanol–water partition coefficient (Wildman–Crippen LogP) is 8.61. The maximum Gasteiger partial charge on any atom is 0.417 e. The van der Waals surface area contributed by atoms with E-state index in [4.69, 9.17) is 23.2 Å². The lowest BCUT2D eigenvalue weighted by Crippen LogP contribution is -2.16. The number of aromatic hydroxyl groups is 2. The Morgan fingerprint density at radius 3 is 1.26 bits per heavy atom. The van der Waals surface area contributed by atoms with E-state index in [1.807, 2.05) is 0 Å². The SMILES string of the molecule is O=C(Nc1ccc(-c2ccc(NC(=O)c3cc(Cl)ccc3O)cc2C(F)(F)F)c(C(F)(F)F)c1)c1cc(Cl)ccc1O. The first-order chi connectivity index (χ1) is 19.5. The van der Waals surface area contributed by atoms with Crippen molar-refractivity contribution in [1.29, 1.82) is 0 Å². The molecule has 42 heavy (non-hydrogen) atoms. The highest BCUT2D eigenvalue weighted by molar-refractivity contribution is 6.31. The molecule has 0 spiro atoms. The van der Waals surface area contributed by atoms with Crippen molar-refractivity contribution in [2.75, 3.05) is 10.6 Å². The normalized spacial score (nSPS) is 11.7. The Kier molecular flexibility index (Phi) is 8.33. The van der Waals surface area contributed by atoms with Gasteiger partial charge >= 0.3 is 12.4 Å². The number of anilines is 2. The van der Waals surface area contributed by atoms with Gasteiger partial charge in [-0.3, -0.25) is 9.59 Å². The van der Waals surface area contributed by atoms with Gasteiger partial charge in [-0.15, -0.1) is 0 Å². The summed E-state index contributed by atoms with van der Waals surface area (Å²) in [5.41, 5.74) is -6.24. The first-order valence-electron chi connectivity index (χ1n) is 11.6. The number of carbonyl (C=O) groups excluding carboxylic acids is 2. The molecular formula is C28H16Cl2F6N2O4. The Bertz CT molecular complexity index is 1580. The number of phenols is 2. The van der Waals surface area contributed by atoms with E-state index >= 15 is 0 Å². The molecule has 218 valence electrons. The highest BCUT2D eigenvalue weighted by Gasteiger charge is 2.39. The second-order valence-electron chi connectivity index (χ2n) is 8.75. The zero-order valence-corrected chi connectivity index (χ0v) is 22.2. The number of halogens is 8. The summed E-state index contributed by atoms with van der Waals surface area (Å²) in [5.74, 6) is -3.04. The summed E-state index contributed by atoms with van der Waals surface area (Å²) in [6.45, 7) is 0. The zero-order chi connectivity index (χ0) is 31.0. The molecule has 0 aliphatic carbocycles. The van der Waals surface area contributed by atoms with E-state index in [0.717, 1.165) is 48.5 Å². The van der Waals surface area contributed by atoms with Gasteiger partial charge in [-0.1, -0.05) is 35.3 Å².